The Kier molecular flexibility index (Phi) is 6.69. The molecular weight excluding hydrogens is 238 g/mol. The van der Waals surface area contributed by atoms with Crippen LogP contribution in [0, 0.1) is 0 Å². The molecule has 0 bridgehead atoms. The second-order valence-electron chi connectivity index (χ2n) is 3.79. The molecule has 1 aromatic carbocycles. The van der Waals surface area contributed by atoms with Crippen LogP contribution in [0.3, 0.4) is 0 Å². The van der Waals surface area contributed by atoms with Gasteiger partial charge in [0, 0.05) is 11.6 Å². The molecular formula is C13H20ClNO2. The van der Waals surface area contributed by atoms with Gasteiger partial charge in [-0.05, 0) is 31.0 Å². The van der Waals surface area contributed by atoms with Crippen molar-refractivity contribution in [3.8, 4) is 11.5 Å². The highest BCUT2D eigenvalue weighted by Gasteiger charge is 2.10. The zero-order valence-electron chi connectivity index (χ0n) is 10.5. The predicted octanol–water partition coefficient (Wildman–Crippen LogP) is 2.66. The van der Waals surface area contributed by atoms with Gasteiger partial charge in [0.1, 0.15) is 11.5 Å². The first-order chi connectivity index (χ1) is 7.62. The van der Waals surface area contributed by atoms with Crippen LogP contribution in [0.2, 0.25) is 0 Å². The molecule has 0 aromatic heterocycles. The molecule has 0 saturated heterocycles. The maximum atomic E-state index is 5.79. The minimum Gasteiger partial charge on any atom is -0.496 e. The molecule has 0 spiro atoms. The molecule has 17 heavy (non-hydrogen) atoms. The van der Waals surface area contributed by atoms with Gasteiger partial charge < -0.3 is 15.2 Å². The molecule has 4 heteroatoms. The quantitative estimate of drug-likeness (QED) is 0.882. The summed E-state index contributed by atoms with van der Waals surface area (Å²) in [6.45, 7) is 5.71. The average molecular weight is 258 g/mol. The fourth-order valence-electron chi connectivity index (χ4n) is 1.65. The summed E-state index contributed by atoms with van der Waals surface area (Å²) in [4.78, 5) is 0. The minimum atomic E-state index is 0. The molecule has 0 amide bonds. The van der Waals surface area contributed by atoms with E-state index in [4.69, 9.17) is 15.2 Å². The van der Waals surface area contributed by atoms with Gasteiger partial charge in [-0.2, -0.15) is 0 Å². The van der Waals surface area contributed by atoms with Crippen molar-refractivity contribution in [3.63, 3.8) is 0 Å². The van der Waals surface area contributed by atoms with Gasteiger partial charge in [0.15, 0.2) is 0 Å². The monoisotopic (exact) mass is 257 g/mol. The Morgan fingerprint density at radius 3 is 2.29 bits per heavy atom. The van der Waals surface area contributed by atoms with Gasteiger partial charge in [0.2, 0.25) is 0 Å². The molecule has 0 aliphatic rings. The van der Waals surface area contributed by atoms with Gasteiger partial charge in [-0.25, -0.2) is 0 Å². The number of rotatable bonds is 5. The molecule has 1 rings (SSSR count). The highest BCUT2D eigenvalue weighted by Crippen LogP contribution is 2.30. The summed E-state index contributed by atoms with van der Waals surface area (Å²) in [5.41, 5.74) is 7.77. The molecule has 0 aliphatic carbocycles. The standard InChI is InChI=1S/C13H19NO2.ClH/c1-5-10-7-13(16-4)11(6-9(2)14)8-12(10)15-3;/h5,7-9H,1,6,14H2,2-4H3;1H. The molecule has 96 valence electrons. The van der Waals surface area contributed by atoms with Crippen molar-refractivity contribution in [2.24, 2.45) is 5.73 Å². The van der Waals surface area contributed by atoms with E-state index >= 15 is 0 Å². The Labute approximate surface area is 109 Å². The third-order valence-electron chi connectivity index (χ3n) is 2.39. The molecule has 0 saturated carbocycles. The number of hydrogen-bond acceptors (Lipinski definition) is 3. The van der Waals surface area contributed by atoms with E-state index in [1.54, 1.807) is 20.3 Å². The van der Waals surface area contributed by atoms with Gasteiger partial charge in [-0.3, -0.25) is 0 Å². The molecule has 0 fully saturated rings. The van der Waals surface area contributed by atoms with Gasteiger partial charge in [-0.15, -0.1) is 12.4 Å². The summed E-state index contributed by atoms with van der Waals surface area (Å²) >= 11 is 0. The smallest absolute Gasteiger partial charge is 0.126 e. The second kappa shape index (κ2) is 7.20. The van der Waals surface area contributed by atoms with Crippen molar-refractivity contribution < 1.29 is 9.47 Å². The van der Waals surface area contributed by atoms with E-state index in [9.17, 15) is 0 Å². The fourth-order valence-corrected chi connectivity index (χ4v) is 1.65. The lowest BCUT2D eigenvalue weighted by Gasteiger charge is -2.14. The number of nitrogens with two attached hydrogens (primary N) is 1. The fraction of sp³-hybridized carbons (Fsp3) is 0.385. The van der Waals surface area contributed by atoms with Gasteiger partial charge in [0.05, 0.1) is 14.2 Å². The van der Waals surface area contributed by atoms with Crippen LogP contribution in [0.15, 0.2) is 18.7 Å². The first kappa shape index (κ1) is 15.8. The summed E-state index contributed by atoms with van der Waals surface area (Å²) < 4.78 is 10.6. The molecule has 0 aliphatic heterocycles. The number of benzene rings is 1. The highest BCUT2D eigenvalue weighted by molar-refractivity contribution is 5.85. The zero-order valence-corrected chi connectivity index (χ0v) is 11.3. The number of ether oxygens (including phenoxy) is 2. The van der Waals surface area contributed by atoms with Crippen molar-refractivity contribution >= 4 is 18.5 Å². The molecule has 0 heterocycles. The van der Waals surface area contributed by atoms with E-state index in [2.05, 4.69) is 6.58 Å². The lowest BCUT2D eigenvalue weighted by Crippen LogP contribution is -2.18. The van der Waals surface area contributed by atoms with Crippen LogP contribution in [0.4, 0.5) is 0 Å². The minimum absolute atomic E-state index is 0. The molecule has 0 radical (unpaired) electrons. The van der Waals surface area contributed by atoms with Crippen molar-refractivity contribution in [3.05, 3.63) is 29.8 Å². The molecule has 2 N–H and O–H groups in total. The van der Waals surface area contributed by atoms with E-state index in [0.29, 0.717) is 0 Å². The summed E-state index contributed by atoms with van der Waals surface area (Å²) in [7, 11) is 3.30. The van der Waals surface area contributed by atoms with Gasteiger partial charge in [-0.1, -0.05) is 12.7 Å². The second-order valence-corrected chi connectivity index (χ2v) is 3.79. The average Bonchev–Trinajstić information content (AvgIpc) is 2.27. The summed E-state index contributed by atoms with van der Waals surface area (Å²) in [6, 6.07) is 3.97. The maximum absolute atomic E-state index is 5.79. The first-order valence-electron chi connectivity index (χ1n) is 5.25. The zero-order chi connectivity index (χ0) is 12.1. The number of methoxy groups -OCH3 is 2. The van der Waals surface area contributed by atoms with E-state index in [1.807, 2.05) is 19.1 Å². The Bertz CT molecular complexity index is 378. The predicted molar refractivity (Wildman–Crippen MR) is 74.2 cm³/mol. The summed E-state index contributed by atoms with van der Waals surface area (Å²) in [5, 5.41) is 0. The van der Waals surface area contributed by atoms with Crippen LogP contribution in [-0.2, 0) is 6.42 Å². The van der Waals surface area contributed by atoms with Crippen LogP contribution in [0.1, 0.15) is 18.1 Å². The van der Waals surface area contributed by atoms with Crippen LogP contribution in [0.5, 0.6) is 11.5 Å². The lowest BCUT2D eigenvalue weighted by atomic mass is 10.0. The van der Waals surface area contributed by atoms with Gasteiger partial charge >= 0.3 is 0 Å². The maximum Gasteiger partial charge on any atom is 0.126 e. The van der Waals surface area contributed by atoms with Crippen LogP contribution in [-0.4, -0.2) is 20.3 Å². The molecule has 1 atom stereocenters. The Hall–Kier alpha value is -1.19. The topological polar surface area (TPSA) is 44.5 Å². The Morgan fingerprint density at radius 1 is 1.29 bits per heavy atom. The van der Waals surface area contributed by atoms with Crippen molar-refractivity contribution in [2.75, 3.05) is 14.2 Å². The van der Waals surface area contributed by atoms with Crippen LogP contribution < -0.4 is 15.2 Å². The van der Waals surface area contributed by atoms with Crippen molar-refractivity contribution in [1.29, 1.82) is 0 Å². The SMILES string of the molecule is C=Cc1cc(OC)c(CC(C)N)cc1OC.Cl. The normalized spacial score (nSPS) is 11.3. The lowest BCUT2D eigenvalue weighted by molar-refractivity contribution is 0.397. The van der Waals surface area contributed by atoms with E-state index < -0.39 is 0 Å². The Balaban J connectivity index is 0.00000256. The van der Waals surface area contributed by atoms with Crippen molar-refractivity contribution in [2.45, 2.75) is 19.4 Å². The number of halogens is 1. The van der Waals surface area contributed by atoms with Crippen LogP contribution in [0.25, 0.3) is 6.08 Å². The summed E-state index contributed by atoms with van der Waals surface area (Å²) in [6.07, 6.45) is 2.51. The third kappa shape index (κ3) is 3.95. The number of hydrogen-bond donors (Lipinski definition) is 1. The first-order valence-corrected chi connectivity index (χ1v) is 5.25. The van der Waals surface area contributed by atoms with E-state index in [0.717, 1.165) is 29.0 Å². The third-order valence-corrected chi connectivity index (χ3v) is 2.39. The van der Waals surface area contributed by atoms with E-state index in [1.165, 1.54) is 0 Å². The highest BCUT2D eigenvalue weighted by atomic mass is 35.5. The Morgan fingerprint density at radius 2 is 1.88 bits per heavy atom. The molecule has 1 aromatic rings. The summed E-state index contributed by atoms with van der Waals surface area (Å²) in [5.74, 6) is 1.62. The molecule has 1 unspecified atom stereocenters. The van der Waals surface area contributed by atoms with Crippen LogP contribution >= 0.6 is 12.4 Å². The van der Waals surface area contributed by atoms with Gasteiger partial charge in [0.25, 0.3) is 0 Å². The van der Waals surface area contributed by atoms with Crippen molar-refractivity contribution in [1.82, 2.24) is 0 Å². The van der Waals surface area contributed by atoms with E-state index in [-0.39, 0.29) is 18.4 Å². The largest absolute Gasteiger partial charge is 0.496 e. The molecule has 3 nitrogen and oxygen atoms in total.